The molecule has 3 aromatic rings. The minimum atomic E-state index is -0.593. The summed E-state index contributed by atoms with van der Waals surface area (Å²) in [7, 11) is 2.90. The minimum Gasteiger partial charge on any atom is -0.493 e. The van der Waals surface area contributed by atoms with Crippen molar-refractivity contribution in [3.8, 4) is 17.1 Å². The summed E-state index contributed by atoms with van der Waals surface area (Å²) in [6, 6.07) is 4.49. The van der Waals surface area contributed by atoms with Crippen LogP contribution in [0, 0.1) is 5.82 Å². The molecule has 7 heteroatoms. The number of hydrogen-bond donors (Lipinski definition) is 1. The van der Waals surface area contributed by atoms with E-state index >= 15 is 0 Å². The number of carbonyl (C=O) groups is 1. The van der Waals surface area contributed by atoms with E-state index in [4.69, 9.17) is 0 Å². The summed E-state index contributed by atoms with van der Waals surface area (Å²) in [6.07, 6.45) is 1.57. The van der Waals surface area contributed by atoms with Crippen LogP contribution in [0.25, 0.3) is 22.2 Å². The Morgan fingerprint density at radius 3 is 2.64 bits per heavy atom. The van der Waals surface area contributed by atoms with Crippen molar-refractivity contribution in [3.63, 3.8) is 0 Å². The van der Waals surface area contributed by atoms with Crippen LogP contribution in [0.3, 0.4) is 0 Å². The smallest absolute Gasteiger partial charge is 0.374 e. The van der Waals surface area contributed by atoms with Crippen molar-refractivity contribution in [1.82, 2.24) is 14.5 Å². The SMILES string of the molecule is COC(=O)c1nc(-c2cc3c(C(C)C)cc(O)nc3cc2F)cn1C. The molecule has 130 valence electrons. The fourth-order valence-electron chi connectivity index (χ4n) is 2.81. The van der Waals surface area contributed by atoms with Crippen LogP contribution in [0.4, 0.5) is 4.39 Å². The quantitative estimate of drug-likeness (QED) is 0.738. The summed E-state index contributed by atoms with van der Waals surface area (Å²) in [5, 5.41) is 10.5. The van der Waals surface area contributed by atoms with E-state index in [9.17, 15) is 14.3 Å². The highest BCUT2D eigenvalue weighted by atomic mass is 19.1. The molecule has 2 aromatic heterocycles. The number of methoxy groups -OCH3 is 1. The lowest BCUT2D eigenvalue weighted by Gasteiger charge is -2.12. The molecule has 0 bridgehead atoms. The van der Waals surface area contributed by atoms with Gasteiger partial charge < -0.3 is 14.4 Å². The van der Waals surface area contributed by atoms with Crippen LogP contribution in [0.1, 0.15) is 35.9 Å². The lowest BCUT2D eigenvalue weighted by Crippen LogP contribution is -2.08. The van der Waals surface area contributed by atoms with Crippen molar-refractivity contribution in [2.75, 3.05) is 7.11 Å². The molecule has 2 heterocycles. The molecule has 1 aromatic carbocycles. The first kappa shape index (κ1) is 16.9. The third-order valence-electron chi connectivity index (χ3n) is 4.06. The number of aryl methyl sites for hydroxylation is 1. The van der Waals surface area contributed by atoms with E-state index in [1.165, 1.54) is 17.7 Å². The number of halogens is 1. The zero-order valence-electron chi connectivity index (χ0n) is 14.4. The van der Waals surface area contributed by atoms with Gasteiger partial charge in [-0.25, -0.2) is 19.2 Å². The predicted octanol–water partition coefficient (Wildman–Crippen LogP) is 3.39. The topological polar surface area (TPSA) is 77.2 Å². The number of rotatable bonds is 3. The summed E-state index contributed by atoms with van der Waals surface area (Å²) < 4.78 is 20.8. The molecule has 6 nitrogen and oxygen atoms in total. The molecule has 0 saturated carbocycles. The summed E-state index contributed by atoms with van der Waals surface area (Å²) in [6.45, 7) is 3.96. The molecule has 0 radical (unpaired) electrons. The second-order valence-electron chi connectivity index (χ2n) is 6.13. The molecule has 0 amide bonds. The van der Waals surface area contributed by atoms with Gasteiger partial charge in [-0.2, -0.15) is 0 Å². The van der Waals surface area contributed by atoms with Gasteiger partial charge in [-0.05, 0) is 17.5 Å². The van der Waals surface area contributed by atoms with Crippen molar-refractivity contribution in [2.45, 2.75) is 19.8 Å². The first-order valence-corrected chi connectivity index (χ1v) is 7.77. The van der Waals surface area contributed by atoms with Crippen molar-refractivity contribution >= 4 is 16.9 Å². The Labute approximate surface area is 143 Å². The number of fused-ring (bicyclic) bond motifs is 1. The third kappa shape index (κ3) is 2.93. The summed E-state index contributed by atoms with van der Waals surface area (Å²) in [5.41, 5.74) is 1.81. The maximum Gasteiger partial charge on any atom is 0.374 e. The molecule has 0 aliphatic carbocycles. The molecule has 0 fully saturated rings. The second kappa shape index (κ2) is 6.16. The number of ether oxygens (including phenoxy) is 1. The standard InChI is InChI=1S/C18H18FN3O3/c1-9(2)10-6-16(23)20-14-7-13(19)12(5-11(10)14)15-8-22(3)17(21-15)18(24)25-4/h5-9H,1-4H3,(H,20,23). The third-order valence-corrected chi connectivity index (χ3v) is 4.06. The van der Waals surface area contributed by atoms with Gasteiger partial charge in [0.15, 0.2) is 0 Å². The Morgan fingerprint density at radius 2 is 2.00 bits per heavy atom. The lowest BCUT2D eigenvalue weighted by atomic mass is 9.96. The summed E-state index contributed by atoms with van der Waals surface area (Å²) in [5.74, 6) is -1.07. The molecule has 3 rings (SSSR count). The number of imidazole rings is 1. The lowest BCUT2D eigenvalue weighted by molar-refractivity contribution is 0.0583. The summed E-state index contributed by atoms with van der Waals surface area (Å²) in [4.78, 5) is 19.9. The minimum absolute atomic E-state index is 0.0879. The number of hydrogen-bond acceptors (Lipinski definition) is 5. The Morgan fingerprint density at radius 1 is 1.28 bits per heavy atom. The van der Waals surface area contributed by atoms with Crippen molar-refractivity contribution < 1.29 is 19.0 Å². The van der Waals surface area contributed by atoms with Crippen molar-refractivity contribution in [2.24, 2.45) is 7.05 Å². The maximum absolute atomic E-state index is 14.6. The first-order valence-electron chi connectivity index (χ1n) is 7.77. The van der Waals surface area contributed by atoms with Gasteiger partial charge in [-0.15, -0.1) is 0 Å². The first-order chi connectivity index (χ1) is 11.8. The Bertz CT molecular complexity index is 979. The molecular formula is C18H18FN3O3. The van der Waals surface area contributed by atoms with Crippen molar-refractivity contribution in [1.29, 1.82) is 0 Å². The van der Waals surface area contributed by atoms with Crippen molar-refractivity contribution in [3.05, 3.63) is 41.6 Å². The number of aromatic nitrogens is 3. The zero-order chi connectivity index (χ0) is 18.3. The number of benzene rings is 1. The molecule has 25 heavy (non-hydrogen) atoms. The van der Waals surface area contributed by atoms with Crippen LogP contribution in [0.5, 0.6) is 5.88 Å². The Balaban J connectivity index is 2.24. The van der Waals surface area contributed by atoms with Gasteiger partial charge >= 0.3 is 5.97 Å². The van der Waals surface area contributed by atoms with Gasteiger partial charge in [-0.1, -0.05) is 13.8 Å². The predicted molar refractivity (Wildman–Crippen MR) is 91.0 cm³/mol. The normalized spacial score (nSPS) is 11.3. The Hall–Kier alpha value is -2.96. The molecule has 0 saturated heterocycles. The maximum atomic E-state index is 14.6. The summed E-state index contributed by atoms with van der Waals surface area (Å²) >= 11 is 0. The fourth-order valence-corrected chi connectivity index (χ4v) is 2.81. The van der Waals surface area contributed by atoms with E-state index in [2.05, 4.69) is 14.7 Å². The van der Waals surface area contributed by atoms with Gasteiger partial charge in [0, 0.05) is 36.3 Å². The fraction of sp³-hybridized carbons (Fsp3) is 0.278. The zero-order valence-corrected chi connectivity index (χ0v) is 14.4. The van der Waals surface area contributed by atoms with Gasteiger partial charge in [0.05, 0.1) is 18.3 Å². The highest BCUT2D eigenvalue weighted by Gasteiger charge is 2.19. The number of carbonyl (C=O) groups excluding carboxylic acids is 1. The van der Waals surface area contributed by atoms with E-state index in [0.717, 1.165) is 10.9 Å². The van der Waals surface area contributed by atoms with Crippen LogP contribution < -0.4 is 0 Å². The van der Waals surface area contributed by atoms with E-state index in [0.29, 0.717) is 11.2 Å². The van der Waals surface area contributed by atoms with Crippen LogP contribution in [0.2, 0.25) is 0 Å². The van der Waals surface area contributed by atoms with Crippen LogP contribution in [-0.2, 0) is 11.8 Å². The molecule has 0 aliphatic rings. The van der Waals surface area contributed by atoms with Crippen LogP contribution in [-0.4, -0.2) is 32.7 Å². The van der Waals surface area contributed by atoms with Crippen LogP contribution in [0.15, 0.2) is 24.4 Å². The molecular weight excluding hydrogens is 325 g/mol. The number of nitrogens with zero attached hydrogens (tertiary/aromatic N) is 3. The number of pyridine rings is 1. The van der Waals surface area contributed by atoms with E-state index in [-0.39, 0.29) is 23.2 Å². The number of aromatic hydroxyl groups is 1. The molecule has 0 spiro atoms. The second-order valence-corrected chi connectivity index (χ2v) is 6.13. The van der Waals surface area contributed by atoms with Gasteiger partial charge in [0.25, 0.3) is 0 Å². The monoisotopic (exact) mass is 343 g/mol. The largest absolute Gasteiger partial charge is 0.493 e. The average Bonchev–Trinajstić information content (AvgIpc) is 2.94. The van der Waals surface area contributed by atoms with E-state index in [1.807, 2.05) is 13.8 Å². The van der Waals surface area contributed by atoms with Crippen LogP contribution >= 0.6 is 0 Å². The van der Waals surface area contributed by atoms with Gasteiger partial charge in [0.1, 0.15) is 5.82 Å². The Kier molecular flexibility index (Phi) is 4.16. The average molecular weight is 343 g/mol. The molecule has 0 atom stereocenters. The molecule has 0 aliphatic heterocycles. The van der Waals surface area contributed by atoms with Gasteiger partial charge in [-0.3, -0.25) is 0 Å². The highest BCUT2D eigenvalue weighted by molar-refractivity contribution is 5.89. The molecule has 0 unspecified atom stereocenters. The van der Waals surface area contributed by atoms with Gasteiger partial charge in [0.2, 0.25) is 11.7 Å². The highest BCUT2D eigenvalue weighted by Crippen LogP contribution is 2.32. The number of esters is 1. The molecule has 1 N–H and O–H groups in total. The van der Waals surface area contributed by atoms with E-state index in [1.54, 1.807) is 25.4 Å². The van der Waals surface area contributed by atoms with E-state index < -0.39 is 11.8 Å².